The minimum Gasteiger partial charge on any atom is -0.325 e. The standard InChI is InChI=1S/C18H29N3O3S/c1-14(2)20(4)25(23,24)17-10-8-16(9-11-17)19-18(22)13-21-12-6-5-7-15(21)3/h8-11,14-15H,5-7,12-13H2,1-4H3,(H,19,22)/t15-/m1/s1. The number of nitrogens with zero attached hydrogens (tertiary/aromatic N) is 2. The van der Waals surface area contributed by atoms with Crippen LogP contribution < -0.4 is 5.32 Å². The maximum atomic E-state index is 12.4. The predicted octanol–water partition coefficient (Wildman–Crippen LogP) is 2.53. The van der Waals surface area contributed by atoms with Crippen LogP contribution in [0.15, 0.2) is 29.2 Å². The van der Waals surface area contributed by atoms with E-state index in [-0.39, 0.29) is 16.8 Å². The SMILES string of the molecule is CC(C)N(C)S(=O)(=O)c1ccc(NC(=O)CN2CCCC[C@H]2C)cc1. The monoisotopic (exact) mass is 367 g/mol. The van der Waals surface area contributed by atoms with E-state index in [2.05, 4.69) is 17.1 Å². The number of nitrogens with one attached hydrogen (secondary N) is 1. The first kappa shape index (κ1) is 19.9. The molecule has 1 atom stereocenters. The highest BCUT2D eigenvalue weighted by atomic mass is 32.2. The van der Waals surface area contributed by atoms with Crippen molar-refractivity contribution in [2.24, 2.45) is 0 Å². The summed E-state index contributed by atoms with van der Waals surface area (Å²) in [4.78, 5) is 14.6. The Morgan fingerprint density at radius 3 is 2.48 bits per heavy atom. The number of hydrogen-bond acceptors (Lipinski definition) is 4. The van der Waals surface area contributed by atoms with Gasteiger partial charge in [-0.25, -0.2) is 8.42 Å². The van der Waals surface area contributed by atoms with Gasteiger partial charge in [-0.3, -0.25) is 9.69 Å². The molecule has 1 aromatic rings. The Kier molecular flexibility index (Phi) is 6.59. The summed E-state index contributed by atoms with van der Waals surface area (Å²) in [6, 6.07) is 6.66. The Morgan fingerprint density at radius 1 is 1.28 bits per heavy atom. The zero-order valence-corrected chi connectivity index (χ0v) is 16.3. The topological polar surface area (TPSA) is 69.7 Å². The zero-order valence-electron chi connectivity index (χ0n) is 15.5. The van der Waals surface area contributed by atoms with Crippen LogP contribution in [0.1, 0.15) is 40.0 Å². The van der Waals surface area contributed by atoms with Gasteiger partial charge in [0.25, 0.3) is 0 Å². The molecule has 6 nitrogen and oxygen atoms in total. The van der Waals surface area contributed by atoms with E-state index in [0.717, 1.165) is 19.4 Å². The molecule has 140 valence electrons. The van der Waals surface area contributed by atoms with Crippen LogP contribution in [0, 0.1) is 0 Å². The van der Waals surface area contributed by atoms with Gasteiger partial charge in [0.1, 0.15) is 0 Å². The number of benzene rings is 1. The molecule has 0 bridgehead atoms. The first-order valence-corrected chi connectivity index (χ1v) is 10.3. The lowest BCUT2D eigenvalue weighted by molar-refractivity contribution is -0.118. The number of amides is 1. The summed E-state index contributed by atoms with van der Waals surface area (Å²) in [5.74, 6) is -0.0661. The van der Waals surface area contributed by atoms with Gasteiger partial charge in [-0.2, -0.15) is 4.31 Å². The van der Waals surface area contributed by atoms with Crippen molar-refractivity contribution in [3.05, 3.63) is 24.3 Å². The lowest BCUT2D eigenvalue weighted by Crippen LogP contribution is -2.42. The lowest BCUT2D eigenvalue weighted by atomic mass is 10.0. The molecule has 0 saturated carbocycles. The molecule has 0 radical (unpaired) electrons. The van der Waals surface area contributed by atoms with Crippen LogP contribution in [0.2, 0.25) is 0 Å². The first-order valence-electron chi connectivity index (χ1n) is 8.84. The van der Waals surface area contributed by atoms with Crippen LogP contribution in [0.25, 0.3) is 0 Å². The van der Waals surface area contributed by atoms with Gasteiger partial charge in [-0.1, -0.05) is 6.42 Å². The van der Waals surface area contributed by atoms with Crippen molar-refractivity contribution < 1.29 is 13.2 Å². The molecule has 1 aliphatic rings. The fourth-order valence-electron chi connectivity index (χ4n) is 2.93. The summed E-state index contributed by atoms with van der Waals surface area (Å²) in [6.07, 6.45) is 3.48. The number of sulfonamides is 1. The van der Waals surface area contributed by atoms with E-state index in [0.29, 0.717) is 18.3 Å². The van der Waals surface area contributed by atoms with Crippen LogP contribution in [0.5, 0.6) is 0 Å². The van der Waals surface area contributed by atoms with Gasteiger partial charge in [-0.15, -0.1) is 0 Å². The molecule has 0 spiro atoms. The van der Waals surface area contributed by atoms with Crippen molar-refractivity contribution in [2.45, 2.75) is 57.0 Å². The van der Waals surface area contributed by atoms with Crippen LogP contribution >= 0.6 is 0 Å². The van der Waals surface area contributed by atoms with Gasteiger partial charge in [0, 0.05) is 24.8 Å². The summed E-state index contributed by atoms with van der Waals surface area (Å²) in [7, 11) is -1.94. The fraction of sp³-hybridized carbons (Fsp3) is 0.611. The largest absolute Gasteiger partial charge is 0.325 e. The highest BCUT2D eigenvalue weighted by Crippen LogP contribution is 2.20. The molecule has 1 N–H and O–H groups in total. The number of hydrogen-bond donors (Lipinski definition) is 1. The summed E-state index contributed by atoms with van der Waals surface area (Å²) >= 11 is 0. The predicted molar refractivity (Wildman–Crippen MR) is 100 cm³/mol. The van der Waals surface area contributed by atoms with E-state index >= 15 is 0 Å². The summed E-state index contributed by atoms with van der Waals surface area (Å²) in [6.45, 7) is 7.13. The molecule has 1 amide bonds. The molecule has 0 aromatic heterocycles. The normalized spacial score (nSPS) is 19.4. The number of carbonyl (C=O) groups is 1. The Morgan fingerprint density at radius 2 is 1.92 bits per heavy atom. The molecule has 0 unspecified atom stereocenters. The minimum atomic E-state index is -3.50. The highest BCUT2D eigenvalue weighted by molar-refractivity contribution is 7.89. The molecule has 1 saturated heterocycles. The van der Waals surface area contributed by atoms with E-state index in [9.17, 15) is 13.2 Å². The lowest BCUT2D eigenvalue weighted by Gasteiger charge is -2.32. The van der Waals surface area contributed by atoms with Gasteiger partial charge in [0.15, 0.2) is 0 Å². The summed E-state index contributed by atoms with van der Waals surface area (Å²) in [5, 5.41) is 2.85. The second-order valence-electron chi connectivity index (χ2n) is 7.00. The number of carbonyl (C=O) groups excluding carboxylic acids is 1. The van der Waals surface area contributed by atoms with Gasteiger partial charge >= 0.3 is 0 Å². The van der Waals surface area contributed by atoms with Crippen molar-refractivity contribution in [2.75, 3.05) is 25.5 Å². The van der Waals surface area contributed by atoms with Crippen LogP contribution in [-0.4, -0.2) is 55.8 Å². The number of anilines is 1. The van der Waals surface area contributed by atoms with Gasteiger partial charge in [0.2, 0.25) is 15.9 Å². The van der Waals surface area contributed by atoms with Gasteiger partial charge in [0.05, 0.1) is 11.4 Å². The molecule has 1 aromatic carbocycles. The molecule has 7 heteroatoms. The molecular formula is C18H29N3O3S. The summed E-state index contributed by atoms with van der Waals surface area (Å²) in [5.41, 5.74) is 0.612. The van der Waals surface area contributed by atoms with E-state index in [1.807, 2.05) is 13.8 Å². The van der Waals surface area contributed by atoms with Crippen molar-refractivity contribution >= 4 is 21.6 Å². The Labute approximate surface area is 151 Å². The number of rotatable bonds is 6. The van der Waals surface area contributed by atoms with Crippen molar-refractivity contribution in [3.63, 3.8) is 0 Å². The smallest absolute Gasteiger partial charge is 0.243 e. The van der Waals surface area contributed by atoms with Crippen molar-refractivity contribution in [3.8, 4) is 0 Å². The molecular weight excluding hydrogens is 338 g/mol. The average molecular weight is 368 g/mol. The van der Waals surface area contributed by atoms with Gasteiger partial charge < -0.3 is 5.32 Å². The van der Waals surface area contributed by atoms with E-state index < -0.39 is 10.0 Å². The maximum absolute atomic E-state index is 12.4. The van der Waals surface area contributed by atoms with Crippen LogP contribution in [-0.2, 0) is 14.8 Å². The van der Waals surface area contributed by atoms with Crippen LogP contribution in [0.3, 0.4) is 0 Å². The highest BCUT2D eigenvalue weighted by Gasteiger charge is 2.23. The molecule has 1 fully saturated rings. The van der Waals surface area contributed by atoms with E-state index in [1.54, 1.807) is 19.2 Å². The molecule has 25 heavy (non-hydrogen) atoms. The Bertz CT molecular complexity index is 686. The second kappa shape index (κ2) is 8.29. The minimum absolute atomic E-state index is 0.0661. The fourth-order valence-corrected chi connectivity index (χ4v) is 4.30. The number of likely N-dealkylation sites (tertiary alicyclic amines) is 1. The third-order valence-corrected chi connectivity index (χ3v) is 6.88. The van der Waals surface area contributed by atoms with Crippen molar-refractivity contribution in [1.29, 1.82) is 0 Å². The van der Waals surface area contributed by atoms with Crippen LogP contribution in [0.4, 0.5) is 5.69 Å². The van der Waals surface area contributed by atoms with E-state index in [4.69, 9.17) is 0 Å². The average Bonchev–Trinajstić information content (AvgIpc) is 2.56. The number of piperidine rings is 1. The summed E-state index contributed by atoms with van der Waals surface area (Å²) < 4.78 is 26.2. The van der Waals surface area contributed by atoms with E-state index in [1.165, 1.54) is 22.9 Å². The quantitative estimate of drug-likeness (QED) is 0.839. The molecule has 1 heterocycles. The zero-order chi connectivity index (χ0) is 18.6. The Hall–Kier alpha value is -1.44. The van der Waals surface area contributed by atoms with Crippen molar-refractivity contribution in [1.82, 2.24) is 9.21 Å². The molecule has 0 aliphatic carbocycles. The molecule has 2 rings (SSSR count). The third kappa shape index (κ3) is 5.03. The van der Waals surface area contributed by atoms with Gasteiger partial charge in [-0.05, 0) is 64.4 Å². The maximum Gasteiger partial charge on any atom is 0.243 e. The third-order valence-electron chi connectivity index (χ3n) is 4.83. The molecule has 1 aliphatic heterocycles. The first-order chi connectivity index (χ1) is 11.7. The second-order valence-corrected chi connectivity index (χ2v) is 9.00. The Balaban J connectivity index is 1.99.